The average molecular weight is 918 g/mol. The van der Waals surface area contributed by atoms with Crippen molar-refractivity contribution in [1.82, 2.24) is 15.0 Å². The van der Waals surface area contributed by atoms with Crippen molar-refractivity contribution in [2.75, 3.05) is 0 Å². The second-order valence-corrected chi connectivity index (χ2v) is 18.0. The third-order valence-electron chi connectivity index (χ3n) is 11.2. The van der Waals surface area contributed by atoms with E-state index in [0.29, 0.717) is 22.5 Å². The van der Waals surface area contributed by atoms with Crippen molar-refractivity contribution < 1.29 is 36.2 Å². The molecule has 4 heterocycles. The number of rotatable bonds is 15. The Bertz CT molecular complexity index is 4020. The molecule has 5 aromatic carbocycles. The standard InChI is InChI=1S/C63H64FN3O/c1-40(2)54-34-58(46-16-11-9-12-17-46)65-38-49(54)26-23-44-31-43(32-45(33-44)24-27-50-39-66-59(35-55(50)41(3)4)47-18-13-10-14-19-47)22-25-48-37-67-60(30-42(48)5)53-21-15-20-51-52-28-29-57(64)56(36-63(6,7)8)62(52)68-61(51)53/h9-21,28-35,37-41H,22-27,36H2,1-8H3/i5D3,22D2,23D2,24D2,25D2,26D2,27D2,29D,36D2,40D,41D. The number of hydrogen-bond acceptors (Lipinski definition) is 4. The number of fused-ring (bicyclic) bond motifs is 3. The summed E-state index contributed by atoms with van der Waals surface area (Å²) in [7, 11) is 0. The van der Waals surface area contributed by atoms with Gasteiger partial charge in [-0.3, -0.25) is 15.0 Å². The summed E-state index contributed by atoms with van der Waals surface area (Å²) in [5.41, 5.74) is -5.22. The Balaban J connectivity index is 1.25. The van der Waals surface area contributed by atoms with Crippen LogP contribution < -0.4 is 0 Å². The first kappa shape index (κ1) is 27.9. The molecule has 0 atom stereocenters. The molecule has 0 spiro atoms. The number of furan rings is 1. The molecule has 9 aromatic rings. The highest BCUT2D eigenvalue weighted by molar-refractivity contribution is 6.10. The third-order valence-corrected chi connectivity index (χ3v) is 11.2. The Labute approximate surface area is 430 Å². The predicted octanol–water partition coefficient (Wildman–Crippen LogP) is 16.4. The van der Waals surface area contributed by atoms with Crippen molar-refractivity contribution in [1.29, 1.82) is 0 Å². The fourth-order valence-corrected chi connectivity index (χ4v) is 7.90. The zero-order chi connectivity index (χ0) is 65.3. The number of nitrogens with zero attached hydrogens (tertiary/aromatic N) is 3. The SMILES string of the molecule is [2H]c1cc2c(oc3c(-c4cc(C([2H])([2H])[2H])c(C([2H])([2H])C([2H])([2H])c5cc(C([2H])([2H])C([2H])([2H])c6cnc(-c7ccccc7)cc6C([2H])(C)C)cc(C([2H])([2H])C([2H])([2H])c6cnc(-c7ccccc7)cc6C([2H])(C)C)c5)cn4)cccc32)c(C([2H])([2H])C(C)(C)C)c1F. The van der Waals surface area contributed by atoms with Crippen LogP contribution in [-0.4, -0.2) is 15.0 Å². The van der Waals surface area contributed by atoms with Crippen LogP contribution in [0, 0.1) is 18.1 Å². The van der Waals surface area contributed by atoms with Gasteiger partial charge in [-0.2, -0.15) is 0 Å². The van der Waals surface area contributed by atoms with Crippen LogP contribution in [0.3, 0.4) is 0 Å². The molecule has 344 valence electrons. The molecule has 0 aliphatic heterocycles. The van der Waals surface area contributed by atoms with Crippen molar-refractivity contribution in [3.8, 4) is 33.8 Å². The van der Waals surface area contributed by atoms with Crippen LogP contribution in [0.4, 0.5) is 4.39 Å². The second-order valence-electron chi connectivity index (χ2n) is 18.0. The lowest BCUT2D eigenvalue weighted by Crippen LogP contribution is -2.10. The van der Waals surface area contributed by atoms with E-state index in [4.69, 9.17) is 15.4 Å². The van der Waals surface area contributed by atoms with E-state index >= 15 is 4.39 Å². The first-order valence-corrected chi connectivity index (χ1v) is 22.3. The maximum Gasteiger partial charge on any atom is 0.144 e. The summed E-state index contributed by atoms with van der Waals surface area (Å²) >= 11 is 0. The van der Waals surface area contributed by atoms with Gasteiger partial charge in [-0.05, 0) is 155 Å². The molecule has 0 saturated carbocycles. The van der Waals surface area contributed by atoms with Gasteiger partial charge < -0.3 is 4.42 Å². The number of pyridine rings is 3. The van der Waals surface area contributed by atoms with Crippen molar-refractivity contribution in [2.45, 2.75) is 112 Å². The molecule has 4 nitrogen and oxygen atoms in total. The number of benzene rings is 5. The van der Waals surface area contributed by atoms with Gasteiger partial charge in [0.25, 0.3) is 0 Å². The largest absolute Gasteiger partial charge is 0.455 e. The molecule has 5 heteroatoms. The minimum Gasteiger partial charge on any atom is -0.455 e. The minimum absolute atomic E-state index is 0.00412. The molecule has 0 bridgehead atoms. The van der Waals surface area contributed by atoms with Gasteiger partial charge in [0.05, 0.1) is 18.5 Å². The number of aromatic nitrogens is 3. The normalized spacial score (nSPS) is 18.3. The van der Waals surface area contributed by atoms with Crippen molar-refractivity contribution in [3.63, 3.8) is 0 Å². The Hall–Kier alpha value is -6.72. The first-order chi connectivity index (χ1) is 40.3. The lowest BCUT2D eigenvalue weighted by molar-refractivity contribution is 0.401. The molecule has 0 aliphatic rings. The highest BCUT2D eigenvalue weighted by Crippen LogP contribution is 2.39. The molecule has 0 fully saturated rings. The second kappa shape index (κ2) is 19.9. The third kappa shape index (κ3) is 10.4. The van der Waals surface area contributed by atoms with Crippen molar-refractivity contribution >= 4 is 21.9 Å². The van der Waals surface area contributed by atoms with Crippen molar-refractivity contribution in [2.24, 2.45) is 5.41 Å². The van der Waals surface area contributed by atoms with E-state index in [-0.39, 0.29) is 44.3 Å². The maximum atomic E-state index is 16.0. The van der Waals surface area contributed by atoms with E-state index in [9.17, 15) is 16.4 Å². The lowest BCUT2D eigenvalue weighted by atomic mass is 9.87. The highest BCUT2D eigenvalue weighted by atomic mass is 19.1. The quantitative estimate of drug-likeness (QED) is 0.103. The van der Waals surface area contributed by atoms with E-state index in [1.165, 1.54) is 58.0 Å². The summed E-state index contributed by atoms with van der Waals surface area (Å²) < 4.78 is 210. The molecule has 0 unspecified atom stereocenters. The number of halogens is 1. The summed E-state index contributed by atoms with van der Waals surface area (Å²) in [6.45, 7) is 7.25. The van der Waals surface area contributed by atoms with Gasteiger partial charge in [0.2, 0.25) is 0 Å². The topological polar surface area (TPSA) is 51.8 Å². The fourth-order valence-electron chi connectivity index (χ4n) is 7.90. The lowest BCUT2D eigenvalue weighted by Gasteiger charge is -2.18. The van der Waals surface area contributed by atoms with Crippen LogP contribution in [0.25, 0.3) is 55.7 Å². The summed E-state index contributed by atoms with van der Waals surface area (Å²) in [4.78, 5) is 13.4. The molecule has 68 heavy (non-hydrogen) atoms. The number of para-hydroxylation sites is 1. The van der Waals surface area contributed by atoms with Crippen LogP contribution in [0.15, 0.2) is 150 Å². The van der Waals surface area contributed by atoms with Crippen molar-refractivity contribution in [3.05, 3.63) is 207 Å². The number of hydrogen-bond donors (Lipinski definition) is 0. The van der Waals surface area contributed by atoms with Gasteiger partial charge in [-0.15, -0.1) is 0 Å². The zero-order valence-electron chi connectivity index (χ0n) is 58.9. The first-order valence-electron chi connectivity index (χ1n) is 32.3. The van der Waals surface area contributed by atoms with Gasteiger partial charge >= 0.3 is 0 Å². The van der Waals surface area contributed by atoms with Gasteiger partial charge in [-0.25, -0.2) is 4.39 Å². The highest BCUT2D eigenvalue weighted by Gasteiger charge is 2.22. The van der Waals surface area contributed by atoms with Crippen LogP contribution in [-0.2, 0) is 44.6 Å². The molecule has 0 aliphatic carbocycles. The molecule has 9 rings (SSSR count). The Morgan fingerprint density at radius 3 is 1.60 bits per heavy atom. The van der Waals surface area contributed by atoms with Gasteiger partial charge in [0.15, 0.2) is 0 Å². The fraction of sp³-hybridized carbons (Fsp3) is 0.286. The maximum absolute atomic E-state index is 16.0. The van der Waals surface area contributed by atoms with Crippen LogP contribution in [0.1, 0.15) is 143 Å². The molecule has 0 radical (unpaired) electrons. The molecule has 4 aromatic heterocycles. The van der Waals surface area contributed by atoms with Crippen LogP contribution >= 0.6 is 0 Å². The van der Waals surface area contributed by atoms with Gasteiger partial charge in [0, 0.05) is 77.7 Å². The summed E-state index contributed by atoms with van der Waals surface area (Å²) in [6, 6.07) is 28.9. The average Bonchev–Trinajstić information content (AvgIpc) is 2.82. The number of aryl methyl sites for hydroxylation is 7. The van der Waals surface area contributed by atoms with Gasteiger partial charge in [0.1, 0.15) is 17.0 Å². The summed E-state index contributed by atoms with van der Waals surface area (Å²) in [5.74, 6) is -4.39. The van der Waals surface area contributed by atoms with Gasteiger partial charge in [-0.1, -0.05) is 139 Å². The van der Waals surface area contributed by atoms with Crippen LogP contribution in [0.5, 0.6) is 0 Å². The molecule has 0 N–H and O–H groups in total. The summed E-state index contributed by atoms with van der Waals surface area (Å²) in [5, 5.41) is 0.431. The molecule has 0 saturated heterocycles. The summed E-state index contributed by atoms with van der Waals surface area (Å²) in [6.07, 6.45) is -19.9. The Morgan fingerprint density at radius 2 is 1.09 bits per heavy atom. The minimum atomic E-state index is -3.58. The molecule has 0 amide bonds. The van der Waals surface area contributed by atoms with E-state index in [1.54, 1.807) is 87.5 Å². The molecular weight excluding hydrogens is 834 g/mol. The monoisotopic (exact) mass is 918 g/mol. The van der Waals surface area contributed by atoms with E-state index in [2.05, 4.69) is 15.0 Å². The Kier molecular flexibility index (Phi) is 8.16. The van der Waals surface area contributed by atoms with E-state index < -0.39 is 125 Å². The Morgan fingerprint density at radius 1 is 0.588 bits per heavy atom. The molecular formula is C63H64FN3O. The smallest absolute Gasteiger partial charge is 0.144 e. The predicted molar refractivity (Wildman–Crippen MR) is 281 cm³/mol. The zero-order valence-corrected chi connectivity index (χ0v) is 38.9. The van der Waals surface area contributed by atoms with E-state index in [1.807, 2.05) is 0 Å². The van der Waals surface area contributed by atoms with Crippen LogP contribution in [0.2, 0.25) is 0 Å². The van der Waals surface area contributed by atoms with E-state index in [0.717, 1.165) is 42.9 Å².